The lowest BCUT2D eigenvalue weighted by Gasteiger charge is -2.37. The van der Waals surface area contributed by atoms with E-state index in [4.69, 9.17) is 4.74 Å². The number of benzene rings is 3. The lowest BCUT2D eigenvalue weighted by Crippen LogP contribution is -2.44. The number of likely N-dealkylation sites (tertiary alicyclic amines) is 1. The highest BCUT2D eigenvalue weighted by atomic mass is 32.2. The molecule has 1 N–H and O–H groups in total. The van der Waals surface area contributed by atoms with Crippen LogP contribution in [-0.4, -0.2) is 88.0 Å². The Labute approximate surface area is 292 Å². The average Bonchev–Trinajstić information content (AvgIpc) is 3.08. The number of nitrogens with zero attached hydrogens (tertiary/aromatic N) is 3. The predicted octanol–water partition coefficient (Wildman–Crippen LogP) is 6.90. The quantitative estimate of drug-likeness (QED) is 0.168. The molecule has 0 unspecified atom stereocenters. The van der Waals surface area contributed by atoms with Gasteiger partial charge in [-0.3, -0.25) is 9.69 Å². The number of halogens is 6. The molecule has 0 saturated carbocycles. The molecule has 1 atom stereocenters. The number of methoxy groups -OCH3 is 1. The van der Waals surface area contributed by atoms with Crippen LogP contribution in [0.5, 0.6) is 0 Å². The molecule has 0 spiro atoms. The Bertz CT molecular complexity index is 1960. The molecule has 1 amide bonds. The molecule has 1 aliphatic heterocycles. The van der Waals surface area contributed by atoms with Gasteiger partial charge in [0, 0.05) is 49.0 Å². The lowest BCUT2D eigenvalue weighted by atomic mass is 9.93. The Morgan fingerprint density at radius 1 is 1.00 bits per heavy atom. The third-order valence-corrected chi connectivity index (χ3v) is 10.2. The van der Waals surface area contributed by atoms with Crippen LogP contribution in [0.25, 0.3) is 22.2 Å². The van der Waals surface area contributed by atoms with Gasteiger partial charge in [-0.1, -0.05) is 42.5 Å². The fourth-order valence-corrected chi connectivity index (χ4v) is 7.02. The van der Waals surface area contributed by atoms with E-state index in [1.807, 2.05) is 11.9 Å². The minimum Gasteiger partial charge on any atom is -0.383 e. The van der Waals surface area contributed by atoms with Crippen molar-refractivity contribution in [3.05, 3.63) is 95.1 Å². The summed E-state index contributed by atoms with van der Waals surface area (Å²) in [5.74, 6) is -1.18. The van der Waals surface area contributed by atoms with Gasteiger partial charge in [0.15, 0.2) is 15.9 Å². The maximum Gasteiger partial charge on any atom is 0.416 e. The molecule has 2 heterocycles. The van der Waals surface area contributed by atoms with E-state index in [1.165, 1.54) is 60.7 Å². The molecular formula is C36H38F6N4O4S. The molecule has 5 rings (SSSR count). The first-order valence-corrected chi connectivity index (χ1v) is 18.0. The largest absolute Gasteiger partial charge is 0.416 e. The van der Waals surface area contributed by atoms with Crippen LogP contribution in [0.1, 0.15) is 45.9 Å². The van der Waals surface area contributed by atoms with E-state index >= 15 is 0 Å². The SMILES string of the molecule is COCCN(C)C1CCN(Cc2c(-c3cccc(C(F)(F)F)c3)nc3ccc(S(C)(=O)=O)cc3c2C(=O)N[C@H](c2ccccc2)C(F)(F)F)CC1. The predicted molar refractivity (Wildman–Crippen MR) is 181 cm³/mol. The van der Waals surface area contributed by atoms with Gasteiger partial charge in [0.2, 0.25) is 0 Å². The van der Waals surface area contributed by atoms with Gasteiger partial charge in [0.25, 0.3) is 5.91 Å². The van der Waals surface area contributed by atoms with Crippen LogP contribution in [0.2, 0.25) is 0 Å². The molecule has 0 aliphatic carbocycles. The molecule has 4 aromatic rings. The van der Waals surface area contributed by atoms with Crippen LogP contribution in [0.3, 0.4) is 0 Å². The number of pyridine rings is 1. The third-order valence-electron chi connectivity index (χ3n) is 9.12. The zero-order valence-electron chi connectivity index (χ0n) is 28.2. The smallest absolute Gasteiger partial charge is 0.383 e. The van der Waals surface area contributed by atoms with Crippen LogP contribution in [0.4, 0.5) is 26.3 Å². The number of piperidine rings is 1. The first-order chi connectivity index (χ1) is 24.0. The van der Waals surface area contributed by atoms with Crippen LogP contribution >= 0.6 is 0 Å². The number of sulfone groups is 1. The van der Waals surface area contributed by atoms with Crippen LogP contribution in [0.15, 0.2) is 77.7 Å². The van der Waals surface area contributed by atoms with Crippen molar-refractivity contribution in [2.45, 2.75) is 48.7 Å². The monoisotopic (exact) mass is 736 g/mol. The van der Waals surface area contributed by atoms with Crippen LogP contribution < -0.4 is 5.32 Å². The van der Waals surface area contributed by atoms with E-state index in [-0.39, 0.29) is 56.3 Å². The highest BCUT2D eigenvalue weighted by Gasteiger charge is 2.43. The number of aromatic nitrogens is 1. The minimum atomic E-state index is -4.93. The van der Waals surface area contributed by atoms with Gasteiger partial charge in [-0.2, -0.15) is 26.3 Å². The van der Waals surface area contributed by atoms with Gasteiger partial charge in [-0.05, 0) is 68.9 Å². The van der Waals surface area contributed by atoms with Gasteiger partial charge in [-0.25, -0.2) is 13.4 Å². The van der Waals surface area contributed by atoms with Gasteiger partial charge in [0.05, 0.1) is 33.8 Å². The van der Waals surface area contributed by atoms with E-state index < -0.39 is 39.7 Å². The van der Waals surface area contributed by atoms with Gasteiger partial charge in [-0.15, -0.1) is 0 Å². The highest BCUT2D eigenvalue weighted by Crippen LogP contribution is 2.38. The van der Waals surface area contributed by atoms with Crippen molar-refractivity contribution < 1.29 is 44.3 Å². The van der Waals surface area contributed by atoms with Crippen molar-refractivity contribution in [3.63, 3.8) is 0 Å². The number of hydrogen-bond donors (Lipinski definition) is 1. The summed E-state index contributed by atoms with van der Waals surface area (Å²) in [5, 5.41) is 2.06. The molecule has 1 aromatic heterocycles. The normalized spacial score (nSPS) is 15.7. The summed E-state index contributed by atoms with van der Waals surface area (Å²) in [4.78, 5) is 22.9. The summed E-state index contributed by atoms with van der Waals surface area (Å²) >= 11 is 0. The fraction of sp³-hybridized carbons (Fsp3) is 0.389. The fourth-order valence-electron chi connectivity index (χ4n) is 6.37. The van der Waals surface area contributed by atoms with Crippen molar-refractivity contribution in [2.24, 2.45) is 0 Å². The number of hydrogen-bond acceptors (Lipinski definition) is 7. The van der Waals surface area contributed by atoms with Gasteiger partial charge in [0.1, 0.15) is 0 Å². The second-order valence-corrected chi connectivity index (χ2v) is 14.7. The molecule has 1 aliphatic rings. The number of rotatable bonds is 11. The summed E-state index contributed by atoms with van der Waals surface area (Å²) in [7, 11) is -0.273. The number of likely N-dealkylation sites (N-methyl/N-ethyl adjacent to an activating group) is 1. The van der Waals surface area contributed by atoms with Gasteiger partial charge < -0.3 is 15.0 Å². The van der Waals surface area contributed by atoms with Crippen LogP contribution in [0, 0.1) is 0 Å². The van der Waals surface area contributed by atoms with E-state index in [0.717, 1.165) is 18.4 Å². The van der Waals surface area contributed by atoms with E-state index in [0.29, 0.717) is 39.1 Å². The molecule has 0 radical (unpaired) electrons. The molecule has 3 aromatic carbocycles. The molecule has 0 bridgehead atoms. The van der Waals surface area contributed by atoms with Crippen LogP contribution in [-0.2, 0) is 27.3 Å². The Morgan fingerprint density at radius 3 is 2.29 bits per heavy atom. The van der Waals surface area contributed by atoms with Crippen molar-refractivity contribution in [1.82, 2.24) is 20.1 Å². The van der Waals surface area contributed by atoms with E-state index in [2.05, 4.69) is 15.2 Å². The molecule has 51 heavy (non-hydrogen) atoms. The Morgan fingerprint density at radius 2 is 1.69 bits per heavy atom. The molecule has 8 nitrogen and oxygen atoms in total. The molecule has 274 valence electrons. The maximum absolute atomic E-state index is 14.5. The number of ether oxygens (including phenoxy) is 1. The molecular weight excluding hydrogens is 698 g/mol. The first kappa shape index (κ1) is 38.2. The highest BCUT2D eigenvalue weighted by molar-refractivity contribution is 7.90. The number of amides is 1. The maximum atomic E-state index is 14.5. The first-order valence-electron chi connectivity index (χ1n) is 16.2. The summed E-state index contributed by atoms with van der Waals surface area (Å²) in [6.07, 6.45) is -7.31. The van der Waals surface area contributed by atoms with Crippen molar-refractivity contribution in [2.75, 3.05) is 46.7 Å². The number of alkyl halides is 6. The number of fused-ring (bicyclic) bond motifs is 1. The second kappa shape index (κ2) is 15.3. The topological polar surface area (TPSA) is 91.8 Å². The zero-order chi connectivity index (χ0) is 37.1. The second-order valence-electron chi connectivity index (χ2n) is 12.7. The van der Waals surface area contributed by atoms with Crippen molar-refractivity contribution >= 4 is 26.6 Å². The summed E-state index contributed by atoms with van der Waals surface area (Å²) in [6, 6.07) is 12.5. The van der Waals surface area contributed by atoms with Gasteiger partial charge >= 0.3 is 12.4 Å². The molecule has 1 saturated heterocycles. The lowest BCUT2D eigenvalue weighted by molar-refractivity contribution is -0.155. The Balaban J connectivity index is 1.71. The van der Waals surface area contributed by atoms with E-state index in [1.54, 1.807) is 7.11 Å². The minimum absolute atomic E-state index is 0.00687. The average molecular weight is 737 g/mol. The molecule has 1 fully saturated rings. The number of carbonyl (C=O) groups excluding carboxylic acids is 1. The molecule has 15 heteroatoms. The zero-order valence-corrected chi connectivity index (χ0v) is 29.0. The summed E-state index contributed by atoms with van der Waals surface area (Å²) in [5.41, 5.74) is -1.47. The Kier molecular flexibility index (Phi) is 11.4. The third kappa shape index (κ3) is 9.07. The number of nitrogens with one attached hydrogen (secondary N) is 1. The van der Waals surface area contributed by atoms with E-state index in [9.17, 15) is 39.6 Å². The Hall–Kier alpha value is -4.05. The van der Waals surface area contributed by atoms with Crippen molar-refractivity contribution in [1.29, 1.82) is 0 Å². The summed E-state index contributed by atoms with van der Waals surface area (Å²) < 4.78 is 116. The summed E-state index contributed by atoms with van der Waals surface area (Å²) in [6.45, 7) is 2.18. The number of carbonyl (C=O) groups is 1. The van der Waals surface area contributed by atoms with Crippen molar-refractivity contribution in [3.8, 4) is 11.3 Å². The standard InChI is InChI=1S/C36H38F6N4O4S/c1-45(18-19-50-2)26-14-16-46(17-15-26)22-29-31(34(47)44-33(36(40,41)42)23-8-5-4-6-9-23)28-21-27(51(3,48)49)12-13-30(28)43-32(29)24-10-7-11-25(20-24)35(37,38)39/h4-13,20-21,26,33H,14-19,22H2,1-3H3,(H,44,47)/t33-/m1/s1.